The number of hydrogen-bond acceptors (Lipinski definition) is 4. The number of aliphatic carboxylic acids is 1. The summed E-state index contributed by atoms with van der Waals surface area (Å²) < 4.78 is 11.2. The average molecular weight is 399 g/mol. The number of hydrogen-bond donors (Lipinski definition) is 1. The summed E-state index contributed by atoms with van der Waals surface area (Å²) in [6.45, 7) is 0. The van der Waals surface area contributed by atoms with Crippen molar-refractivity contribution < 1.29 is 19.1 Å². The lowest BCUT2D eigenvalue weighted by Gasteiger charge is -2.05. The number of aromatic nitrogens is 1. The summed E-state index contributed by atoms with van der Waals surface area (Å²) in [5.41, 5.74) is 0.775. The van der Waals surface area contributed by atoms with Crippen LogP contribution in [0.25, 0.3) is 11.5 Å². The molecule has 8 heteroatoms. The first kappa shape index (κ1) is 17.6. The van der Waals surface area contributed by atoms with Crippen molar-refractivity contribution in [1.29, 1.82) is 0 Å². The molecule has 25 heavy (non-hydrogen) atoms. The third-order valence-electron chi connectivity index (χ3n) is 3.17. The largest absolute Gasteiger partial charge is 0.481 e. The molecule has 128 valence electrons. The van der Waals surface area contributed by atoms with Gasteiger partial charge in [0.1, 0.15) is 11.4 Å². The Morgan fingerprint density at radius 1 is 1.08 bits per heavy atom. The number of carbonyl (C=O) groups is 1. The molecule has 0 amide bonds. The fraction of sp³-hybridized carbons (Fsp3) is 0.0588. The van der Waals surface area contributed by atoms with Crippen LogP contribution < -0.4 is 4.74 Å². The minimum Gasteiger partial charge on any atom is -0.481 e. The number of carboxylic acid groups (broad SMARTS) is 1. The molecule has 1 N–H and O–H groups in total. The summed E-state index contributed by atoms with van der Waals surface area (Å²) in [4.78, 5) is 15.3. The van der Waals surface area contributed by atoms with E-state index in [4.69, 9.17) is 49.1 Å². The second-order valence-corrected chi connectivity index (χ2v) is 6.29. The van der Waals surface area contributed by atoms with E-state index in [0.29, 0.717) is 15.6 Å². The molecule has 0 radical (unpaired) electrons. The standard InChI is InChI=1S/C17H10Cl3NO4/c18-10-3-1-9(2-4-10)16-21-13(8-15(22)23)17(25-16)24-14-6-5-11(19)7-12(14)20/h1-7H,8H2,(H,22,23). The van der Waals surface area contributed by atoms with Crippen molar-refractivity contribution in [2.75, 3.05) is 0 Å². The minimum atomic E-state index is -1.07. The fourth-order valence-corrected chi connectivity index (χ4v) is 2.62. The van der Waals surface area contributed by atoms with Crippen LogP contribution in [0.5, 0.6) is 11.7 Å². The Morgan fingerprint density at radius 2 is 1.76 bits per heavy atom. The first-order chi connectivity index (χ1) is 11.9. The number of nitrogens with zero attached hydrogens (tertiary/aromatic N) is 1. The summed E-state index contributed by atoms with van der Waals surface area (Å²) in [7, 11) is 0. The first-order valence-electron chi connectivity index (χ1n) is 7.02. The number of ether oxygens (including phenoxy) is 1. The molecule has 3 aromatic rings. The van der Waals surface area contributed by atoms with Crippen LogP contribution in [0.4, 0.5) is 0 Å². The number of benzene rings is 2. The highest BCUT2D eigenvalue weighted by Gasteiger charge is 2.20. The van der Waals surface area contributed by atoms with Gasteiger partial charge >= 0.3 is 11.9 Å². The van der Waals surface area contributed by atoms with Gasteiger partial charge in [0.15, 0.2) is 0 Å². The van der Waals surface area contributed by atoms with Gasteiger partial charge in [-0.2, -0.15) is 0 Å². The molecule has 0 unspecified atom stereocenters. The molecule has 0 spiro atoms. The fourth-order valence-electron chi connectivity index (χ4n) is 2.05. The van der Waals surface area contributed by atoms with Gasteiger partial charge in [-0.25, -0.2) is 4.98 Å². The molecule has 0 aliphatic rings. The number of carboxylic acids is 1. The SMILES string of the molecule is O=C(O)Cc1nc(-c2ccc(Cl)cc2)oc1Oc1ccc(Cl)cc1Cl. The Hall–Kier alpha value is -2.21. The van der Waals surface area contributed by atoms with Crippen molar-refractivity contribution >= 4 is 40.8 Å². The normalized spacial score (nSPS) is 10.7. The van der Waals surface area contributed by atoms with E-state index in [-0.39, 0.29) is 34.7 Å². The molecule has 2 aromatic carbocycles. The lowest BCUT2D eigenvalue weighted by molar-refractivity contribution is -0.136. The Kier molecular flexibility index (Phi) is 5.18. The van der Waals surface area contributed by atoms with Crippen LogP contribution >= 0.6 is 34.8 Å². The molecule has 0 saturated carbocycles. The van der Waals surface area contributed by atoms with Crippen molar-refractivity contribution in [3.8, 4) is 23.1 Å². The molecule has 0 aliphatic carbocycles. The topological polar surface area (TPSA) is 72.6 Å². The zero-order valence-corrected chi connectivity index (χ0v) is 14.8. The van der Waals surface area contributed by atoms with Gasteiger partial charge in [-0.3, -0.25) is 4.79 Å². The van der Waals surface area contributed by atoms with Crippen molar-refractivity contribution in [2.24, 2.45) is 0 Å². The van der Waals surface area contributed by atoms with Crippen LogP contribution in [0.3, 0.4) is 0 Å². The minimum absolute atomic E-state index is 0.0448. The van der Waals surface area contributed by atoms with Crippen molar-refractivity contribution in [2.45, 2.75) is 6.42 Å². The predicted molar refractivity (Wildman–Crippen MR) is 94.8 cm³/mol. The average Bonchev–Trinajstić information content (AvgIpc) is 2.93. The first-order valence-corrected chi connectivity index (χ1v) is 8.16. The number of rotatable bonds is 5. The Bertz CT molecular complexity index is 922. The number of halogens is 3. The lowest BCUT2D eigenvalue weighted by atomic mass is 10.2. The van der Waals surface area contributed by atoms with Gasteiger partial charge in [-0.1, -0.05) is 34.8 Å². The van der Waals surface area contributed by atoms with Crippen LogP contribution in [0.1, 0.15) is 5.69 Å². The molecule has 0 fully saturated rings. The third-order valence-corrected chi connectivity index (χ3v) is 3.95. The van der Waals surface area contributed by atoms with E-state index in [9.17, 15) is 4.79 Å². The van der Waals surface area contributed by atoms with Crippen LogP contribution in [0.2, 0.25) is 15.1 Å². The molecular formula is C17H10Cl3NO4. The second kappa shape index (κ2) is 7.35. The Labute approximate surface area is 157 Å². The van der Waals surface area contributed by atoms with E-state index < -0.39 is 5.97 Å². The summed E-state index contributed by atoms with van der Waals surface area (Å²) >= 11 is 17.8. The molecule has 1 heterocycles. The summed E-state index contributed by atoms with van der Waals surface area (Å²) in [6.07, 6.45) is -0.363. The number of oxazole rings is 1. The van der Waals surface area contributed by atoms with Crippen LogP contribution in [-0.4, -0.2) is 16.1 Å². The third kappa shape index (κ3) is 4.25. The zero-order valence-electron chi connectivity index (χ0n) is 12.5. The predicted octanol–water partition coefficient (Wildman–Crippen LogP) is 5.72. The maximum atomic E-state index is 11.1. The van der Waals surface area contributed by atoms with E-state index in [1.54, 1.807) is 36.4 Å². The van der Waals surface area contributed by atoms with E-state index >= 15 is 0 Å². The molecule has 0 saturated heterocycles. The molecule has 1 aromatic heterocycles. The van der Waals surface area contributed by atoms with E-state index in [2.05, 4.69) is 4.98 Å². The summed E-state index contributed by atoms with van der Waals surface area (Å²) in [6, 6.07) is 11.4. The lowest BCUT2D eigenvalue weighted by Crippen LogP contribution is -2.02. The Morgan fingerprint density at radius 3 is 2.40 bits per heavy atom. The van der Waals surface area contributed by atoms with Crippen LogP contribution in [0, 0.1) is 0 Å². The highest BCUT2D eigenvalue weighted by atomic mass is 35.5. The maximum Gasteiger partial charge on any atom is 0.315 e. The monoisotopic (exact) mass is 397 g/mol. The van der Waals surface area contributed by atoms with E-state index in [1.807, 2.05) is 0 Å². The van der Waals surface area contributed by atoms with E-state index in [1.165, 1.54) is 6.07 Å². The van der Waals surface area contributed by atoms with Crippen molar-refractivity contribution in [3.63, 3.8) is 0 Å². The van der Waals surface area contributed by atoms with Gasteiger partial charge in [0.2, 0.25) is 5.89 Å². The van der Waals surface area contributed by atoms with Gasteiger partial charge in [0, 0.05) is 15.6 Å². The Balaban J connectivity index is 1.98. The van der Waals surface area contributed by atoms with Gasteiger partial charge in [-0.05, 0) is 42.5 Å². The van der Waals surface area contributed by atoms with Crippen molar-refractivity contribution in [3.05, 3.63) is 63.2 Å². The molecular weight excluding hydrogens is 389 g/mol. The van der Waals surface area contributed by atoms with Gasteiger partial charge in [0.05, 0.1) is 11.4 Å². The van der Waals surface area contributed by atoms with Crippen molar-refractivity contribution in [1.82, 2.24) is 4.98 Å². The smallest absolute Gasteiger partial charge is 0.315 e. The highest BCUT2D eigenvalue weighted by Crippen LogP contribution is 2.36. The van der Waals surface area contributed by atoms with E-state index in [0.717, 1.165) is 0 Å². The van der Waals surface area contributed by atoms with Gasteiger partial charge in [-0.15, -0.1) is 0 Å². The second-order valence-electron chi connectivity index (χ2n) is 5.01. The van der Waals surface area contributed by atoms with Crippen LogP contribution in [0.15, 0.2) is 46.9 Å². The molecule has 0 atom stereocenters. The molecule has 0 bridgehead atoms. The summed E-state index contributed by atoms with van der Waals surface area (Å²) in [5.74, 6) is -0.621. The highest BCUT2D eigenvalue weighted by molar-refractivity contribution is 6.35. The molecule has 5 nitrogen and oxygen atoms in total. The van der Waals surface area contributed by atoms with Crippen LogP contribution in [-0.2, 0) is 11.2 Å². The molecule has 0 aliphatic heterocycles. The molecule has 3 rings (SSSR count). The van der Waals surface area contributed by atoms with Gasteiger partial charge < -0.3 is 14.3 Å². The zero-order chi connectivity index (χ0) is 18.0. The quantitative estimate of drug-likeness (QED) is 0.595. The van der Waals surface area contributed by atoms with Gasteiger partial charge in [0.25, 0.3) is 0 Å². The maximum absolute atomic E-state index is 11.1. The summed E-state index contributed by atoms with van der Waals surface area (Å²) in [5, 5.41) is 10.3.